The molecule has 1 fully saturated rings. The van der Waals surface area contributed by atoms with E-state index in [1.807, 2.05) is 20.8 Å². The molecule has 0 bridgehead atoms. The number of hydrogen-bond donors (Lipinski definition) is 1. The lowest BCUT2D eigenvalue weighted by atomic mass is 10.1. The maximum Gasteiger partial charge on any atom is 0.222 e. The number of carbonyl (C=O) groups excluding carboxylic acids is 2. The standard InChI is InChI=1S/C16H25N3O3/c1-10(9-15(21)17-14-5-7-22-8-6-14)19-12(3)16(13(4)20)11(2)18-19/h10,14H,5-9H2,1-4H3,(H,17,21)/t10-/m1/s1. The number of hydrogen-bond acceptors (Lipinski definition) is 4. The largest absolute Gasteiger partial charge is 0.381 e. The first kappa shape index (κ1) is 16.7. The van der Waals surface area contributed by atoms with Crippen molar-refractivity contribution in [2.24, 2.45) is 0 Å². The monoisotopic (exact) mass is 307 g/mol. The maximum atomic E-state index is 12.2. The Kier molecular flexibility index (Phi) is 5.34. The number of amides is 1. The predicted octanol–water partition coefficient (Wildman–Crippen LogP) is 1.95. The number of carbonyl (C=O) groups is 2. The number of nitrogens with one attached hydrogen (secondary N) is 1. The molecule has 0 spiro atoms. The van der Waals surface area contributed by atoms with Crippen LogP contribution < -0.4 is 5.32 Å². The number of aryl methyl sites for hydroxylation is 1. The van der Waals surface area contributed by atoms with E-state index in [-0.39, 0.29) is 23.8 Å². The second-order valence-corrected chi connectivity index (χ2v) is 6.05. The molecule has 0 radical (unpaired) electrons. The molecule has 0 saturated carbocycles. The zero-order valence-corrected chi connectivity index (χ0v) is 13.8. The Morgan fingerprint density at radius 2 is 2.00 bits per heavy atom. The summed E-state index contributed by atoms with van der Waals surface area (Å²) in [4.78, 5) is 23.8. The molecule has 1 aliphatic rings. The van der Waals surface area contributed by atoms with Crippen molar-refractivity contribution in [2.45, 2.75) is 59.0 Å². The van der Waals surface area contributed by atoms with Gasteiger partial charge in [0.1, 0.15) is 0 Å². The predicted molar refractivity (Wildman–Crippen MR) is 83.0 cm³/mol. The van der Waals surface area contributed by atoms with Crippen LogP contribution in [0.3, 0.4) is 0 Å². The number of aromatic nitrogens is 2. The van der Waals surface area contributed by atoms with Crippen molar-refractivity contribution in [1.82, 2.24) is 15.1 Å². The van der Waals surface area contributed by atoms with Crippen LogP contribution in [-0.4, -0.2) is 40.7 Å². The van der Waals surface area contributed by atoms with Crippen LogP contribution in [0.4, 0.5) is 0 Å². The first-order valence-corrected chi connectivity index (χ1v) is 7.84. The summed E-state index contributed by atoms with van der Waals surface area (Å²) in [7, 11) is 0. The highest BCUT2D eigenvalue weighted by atomic mass is 16.5. The molecule has 1 aliphatic heterocycles. The lowest BCUT2D eigenvalue weighted by molar-refractivity contribution is -0.123. The zero-order valence-electron chi connectivity index (χ0n) is 13.8. The highest BCUT2D eigenvalue weighted by Crippen LogP contribution is 2.20. The van der Waals surface area contributed by atoms with E-state index in [4.69, 9.17) is 4.74 Å². The number of nitrogens with zero attached hydrogens (tertiary/aromatic N) is 2. The van der Waals surface area contributed by atoms with Gasteiger partial charge in [-0.1, -0.05) is 0 Å². The fourth-order valence-electron chi connectivity index (χ4n) is 3.08. The summed E-state index contributed by atoms with van der Waals surface area (Å²) in [5.74, 6) is 0.0384. The van der Waals surface area contributed by atoms with Crippen LogP contribution in [0.1, 0.15) is 60.9 Å². The van der Waals surface area contributed by atoms with Gasteiger partial charge in [-0.2, -0.15) is 5.10 Å². The molecule has 1 aromatic heterocycles. The quantitative estimate of drug-likeness (QED) is 0.844. The zero-order chi connectivity index (χ0) is 16.3. The van der Waals surface area contributed by atoms with Gasteiger partial charge >= 0.3 is 0 Å². The van der Waals surface area contributed by atoms with Crippen LogP contribution in [0.15, 0.2) is 0 Å². The molecule has 6 heteroatoms. The summed E-state index contributed by atoms with van der Waals surface area (Å²) in [5, 5.41) is 7.48. The molecule has 1 saturated heterocycles. The molecular weight excluding hydrogens is 282 g/mol. The van der Waals surface area contributed by atoms with Gasteiger partial charge in [-0.15, -0.1) is 0 Å². The minimum Gasteiger partial charge on any atom is -0.381 e. The lowest BCUT2D eigenvalue weighted by Gasteiger charge is -2.24. The second-order valence-electron chi connectivity index (χ2n) is 6.05. The van der Waals surface area contributed by atoms with Crippen molar-refractivity contribution < 1.29 is 14.3 Å². The van der Waals surface area contributed by atoms with Crippen molar-refractivity contribution in [1.29, 1.82) is 0 Å². The fraction of sp³-hybridized carbons (Fsp3) is 0.688. The summed E-state index contributed by atoms with van der Waals surface area (Å²) in [6, 6.07) is 0.133. The van der Waals surface area contributed by atoms with E-state index >= 15 is 0 Å². The molecule has 6 nitrogen and oxygen atoms in total. The number of rotatable bonds is 5. The average molecular weight is 307 g/mol. The molecule has 0 aliphatic carbocycles. The topological polar surface area (TPSA) is 73.2 Å². The highest BCUT2D eigenvalue weighted by molar-refractivity contribution is 5.96. The summed E-state index contributed by atoms with van der Waals surface area (Å²) in [6.45, 7) is 8.62. The Morgan fingerprint density at radius 3 is 2.55 bits per heavy atom. The maximum absolute atomic E-state index is 12.2. The van der Waals surface area contributed by atoms with Gasteiger partial charge in [-0.05, 0) is 40.5 Å². The lowest BCUT2D eigenvalue weighted by Crippen LogP contribution is -2.39. The Labute approximate surface area is 131 Å². The third-order valence-electron chi connectivity index (χ3n) is 4.16. The first-order valence-electron chi connectivity index (χ1n) is 7.84. The van der Waals surface area contributed by atoms with Crippen LogP contribution in [-0.2, 0) is 9.53 Å². The summed E-state index contributed by atoms with van der Waals surface area (Å²) >= 11 is 0. The molecule has 0 aromatic carbocycles. The van der Waals surface area contributed by atoms with E-state index in [1.165, 1.54) is 0 Å². The molecule has 122 valence electrons. The van der Waals surface area contributed by atoms with Crippen molar-refractivity contribution >= 4 is 11.7 Å². The smallest absolute Gasteiger partial charge is 0.222 e. The van der Waals surface area contributed by atoms with Gasteiger partial charge in [-0.3, -0.25) is 14.3 Å². The summed E-state index contributed by atoms with van der Waals surface area (Å²) < 4.78 is 7.08. The molecule has 2 heterocycles. The van der Waals surface area contributed by atoms with Gasteiger partial charge in [0.2, 0.25) is 5.91 Å². The van der Waals surface area contributed by atoms with Gasteiger partial charge in [-0.25, -0.2) is 0 Å². The van der Waals surface area contributed by atoms with Crippen LogP contribution in [0.5, 0.6) is 0 Å². The van der Waals surface area contributed by atoms with Gasteiger partial charge in [0.05, 0.1) is 17.3 Å². The fourth-order valence-corrected chi connectivity index (χ4v) is 3.08. The Balaban J connectivity index is 1.99. The molecular formula is C16H25N3O3. The average Bonchev–Trinajstić information content (AvgIpc) is 2.75. The van der Waals surface area contributed by atoms with Crippen molar-refractivity contribution in [2.75, 3.05) is 13.2 Å². The normalized spacial score (nSPS) is 17.3. The van der Waals surface area contributed by atoms with E-state index < -0.39 is 0 Å². The molecule has 1 amide bonds. The highest BCUT2D eigenvalue weighted by Gasteiger charge is 2.22. The summed E-state index contributed by atoms with van der Waals surface area (Å²) in [5.41, 5.74) is 2.22. The third kappa shape index (κ3) is 3.74. The second kappa shape index (κ2) is 7.05. The molecule has 0 unspecified atom stereocenters. The van der Waals surface area contributed by atoms with Crippen molar-refractivity contribution in [3.63, 3.8) is 0 Å². The van der Waals surface area contributed by atoms with Crippen molar-refractivity contribution in [3.05, 3.63) is 17.0 Å². The van der Waals surface area contributed by atoms with Crippen LogP contribution in [0, 0.1) is 13.8 Å². The van der Waals surface area contributed by atoms with Crippen LogP contribution >= 0.6 is 0 Å². The van der Waals surface area contributed by atoms with Gasteiger partial charge < -0.3 is 10.1 Å². The number of Topliss-reactive ketones (excluding diaryl/α,β-unsaturated/α-hetero) is 1. The van der Waals surface area contributed by atoms with E-state index in [1.54, 1.807) is 11.6 Å². The first-order chi connectivity index (χ1) is 10.4. The third-order valence-corrected chi connectivity index (χ3v) is 4.16. The van der Waals surface area contributed by atoms with Crippen molar-refractivity contribution in [3.8, 4) is 0 Å². The van der Waals surface area contributed by atoms with Crippen LogP contribution in [0.2, 0.25) is 0 Å². The van der Waals surface area contributed by atoms with E-state index in [2.05, 4.69) is 10.4 Å². The molecule has 2 rings (SSSR count). The van der Waals surface area contributed by atoms with Gasteiger partial charge in [0.25, 0.3) is 0 Å². The Morgan fingerprint density at radius 1 is 1.36 bits per heavy atom. The number of ketones is 1. The Hall–Kier alpha value is -1.69. The number of ether oxygens (including phenoxy) is 1. The molecule has 1 aromatic rings. The van der Waals surface area contributed by atoms with Gasteiger partial charge in [0.15, 0.2) is 5.78 Å². The minimum absolute atomic E-state index is 0.0140. The summed E-state index contributed by atoms with van der Waals surface area (Å²) in [6.07, 6.45) is 2.10. The van der Waals surface area contributed by atoms with E-state index in [9.17, 15) is 9.59 Å². The minimum atomic E-state index is -0.0772. The molecule has 22 heavy (non-hydrogen) atoms. The molecule has 1 N–H and O–H groups in total. The SMILES string of the molecule is CC(=O)c1c(C)nn([C@H](C)CC(=O)NC2CCOCC2)c1C. The van der Waals surface area contributed by atoms with Gasteiger partial charge in [0, 0.05) is 31.4 Å². The van der Waals surface area contributed by atoms with E-state index in [0.29, 0.717) is 25.2 Å². The Bertz CT molecular complexity index is 559. The molecule has 1 atom stereocenters. The van der Waals surface area contributed by atoms with Crippen LogP contribution in [0.25, 0.3) is 0 Å². The van der Waals surface area contributed by atoms with E-state index in [0.717, 1.165) is 24.2 Å².